The molecule has 0 aromatic heterocycles. The summed E-state index contributed by atoms with van der Waals surface area (Å²) in [5.41, 5.74) is 2.07. The first-order valence-electron chi connectivity index (χ1n) is 8.58. The largest absolute Gasteiger partial charge is 0.358 e. The molecule has 1 aromatic carbocycles. The average molecular weight is 344 g/mol. The summed E-state index contributed by atoms with van der Waals surface area (Å²) in [6.45, 7) is 0.782. The SMILES string of the molecule is CNC(=O)CN1C(=O)C2CCCCN2c2ccc(C(=O)N(C)C)cc21. The molecule has 0 aliphatic carbocycles. The molecule has 1 fully saturated rings. The van der Waals surface area contributed by atoms with Crippen LogP contribution in [0.25, 0.3) is 0 Å². The molecular weight excluding hydrogens is 320 g/mol. The number of hydrogen-bond acceptors (Lipinski definition) is 4. The number of hydrogen-bond donors (Lipinski definition) is 1. The van der Waals surface area contributed by atoms with Crippen molar-refractivity contribution in [3.05, 3.63) is 23.8 Å². The van der Waals surface area contributed by atoms with Crippen molar-refractivity contribution in [2.45, 2.75) is 25.3 Å². The Kier molecular flexibility index (Phi) is 4.65. The van der Waals surface area contributed by atoms with E-state index in [-0.39, 0.29) is 30.3 Å². The fourth-order valence-electron chi connectivity index (χ4n) is 3.53. The second-order valence-electron chi connectivity index (χ2n) is 6.71. The van der Waals surface area contributed by atoms with Crippen LogP contribution >= 0.6 is 0 Å². The van der Waals surface area contributed by atoms with Crippen LogP contribution in [0.2, 0.25) is 0 Å². The molecule has 25 heavy (non-hydrogen) atoms. The summed E-state index contributed by atoms with van der Waals surface area (Å²) in [4.78, 5) is 42.4. The third-order valence-electron chi connectivity index (χ3n) is 4.86. The van der Waals surface area contributed by atoms with Gasteiger partial charge < -0.3 is 15.1 Å². The van der Waals surface area contributed by atoms with Gasteiger partial charge in [-0.05, 0) is 37.5 Å². The number of carbonyl (C=O) groups is 3. The molecular formula is C18H24N4O3. The fourth-order valence-corrected chi connectivity index (χ4v) is 3.53. The molecule has 134 valence electrons. The van der Waals surface area contributed by atoms with Crippen LogP contribution in [0.1, 0.15) is 29.6 Å². The number of nitrogens with zero attached hydrogens (tertiary/aromatic N) is 3. The van der Waals surface area contributed by atoms with Crippen LogP contribution < -0.4 is 15.1 Å². The third-order valence-corrected chi connectivity index (χ3v) is 4.86. The zero-order valence-electron chi connectivity index (χ0n) is 14.9. The summed E-state index contributed by atoms with van der Waals surface area (Å²) < 4.78 is 0. The van der Waals surface area contributed by atoms with Crippen molar-refractivity contribution in [2.24, 2.45) is 0 Å². The van der Waals surface area contributed by atoms with Crippen molar-refractivity contribution >= 4 is 29.1 Å². The van der Waals surface area contributed by atoms with Gasteiger partial charge in [0.1, 0.15) is 12.6 Å². The highest BCUT2D eigenvalue weighted by atomic mass is 16.2. The van der Waals surface area contributed by atoms with E-state index in [1.54, 1.807) is 33.3 Å². The van der Waals surface area contributed by atoms with Crippen molar-refractivity contribution in [3.8, 4) is 0 Å². The number of anilines is 2. The standard InChI is InChI=1S/C18H24N4O3/c1-19-16(23)11-22-15-10-12(17(24)20(2)3)7-8-13(15)21-9-5-4-6-14(21)18(22)25/h7-8,10,14H,4-6,9,11H2,1-3H3,(H,19,23). The summed E-state index contributed by atoms with van der Waals surface area (Å²) in [5.74, 6) is -0.422. The van der Waals surface area contributed by atoms with Gasteiger partial charge in [0.25, 0.3) is 5.91 Å². The molecule has 1 N–H and O–H groups in total. The van der Waals surface area contributed by atoms with E-state index >= 15 is 0 Å². The van der Waals surface area contributed by atoms with Crippen LogP contribution in [0.3, 0.4) is 0 Å². The molecule has 7 nitrogen and oxygen atoms in total. The Morgan fingerprint density at radius 2 is 2.00 bits per heavy atom. The highest BCUT2D eigenvalue weighted by Crippen LogP contribution is 2.40. The smallest absolute Gasteiger partial charge is 0.253 e. The lowest BCUT2D eigenvalue weighted by molar-refractivity contribution is -0.124. The van der Waals surface area contributed by atoms with Crippen LogP contribution in [0, 0.1) is 0 Å². The summed E-state index contributed by atoms with van der Waals surface area (Å²) in [7, 11) is 4.93. The molecule has 2 heterocycles. The Morgan fingerprint density at radius 1 is 1.24 bits per heavy atom. The minimum Gasteiger partial charge on any atom is -0.358 e. The van der Waals surface area contributed by atoms with Crippen LogP contribution in [0.5, 0.6) is 0 Å². The van der Waals surface area contributed by atoms with Crippen LogP contribution in [0.15, 0.2) is 18.2 Å². The van der Waals surface area contributed by atoms with Crippen LogP contribution in [-0.2, 0) is 9.59 Å². The summed E-state index contributed by atoms with van der Waals surface area (Å²) in [5, 5.41) is 2.57. The average Bonchev–Trinajstić information content (AvgIpc) is 2.63. The van der Waals surface area contributed by atoms with Crippen molar-refractivity contribution in [1.82, 2.24) is 10.2 Å². The molecule has 1 unspecified atom stereocenters. The van der Waals surface area contributed by atoms with E-state index in [0.717, 1.165) is 31.5 Å². The van der Waals surface area contributed by atoms with Gasteiger partial charge >= 0.3 is 0 Å². The zero-order valence-corrected chi connectivity index (χ0v) is 14.9. The first-order chi connectivity index (χ1) is 11.9. The van der Waals surface area contributed by atoms with Gasteiger partial charge in [-0.15, -0.1) is 0 Å². The highest BCUT2D eigenvalue weighted by molar-refractivity contribution is 6.09. The van der Waals surface area contributed by atoms with Crippen molar-refractivity contribution < 1.29 is 14.4 Å². The monoisotopic (exact) mass is 344 g/mol. The van der Waals surface area contributed by atoms with Crippen molar-refractivity contribution in [2.75, 3.05) is 44.0 Å². The Morgan fingerprint density at radius 3 is 2.68 bits per heavy atom. The van der Waals surface area contributed by atoms with E-state index in [0.29, 0.717) is 11.3 Å². The molecule has 2 aliphatic heterocycles. The number of carbonyl (C=O) groups excluding carboxylic acids is 3. The predicted octanol–water partition coefficient (Wildman–Crippen LogP) is 0.840. The Bertz CT molecular complexity index is 716. The number of nitrogens with one attached hydrogen (secondary N) is 1. The molecule has 0 bridgehead atoms. The normalized spacial score (nSPS) is 19.2. The van der Waals surface area contributed by atoms with Gasteiger partial charge in [-0.1, -0.05) is 0 Å². The topological polar surface area (TPSA) is 73.0 Å². The Hall–Kier alpha value is -2.57. The lowest BCUT2D eigenvalue weighted by atomic mass is 9.95. The maximum absolute atomic E-state index is 13.0. The molecule has 0 spiro atoms. The molecule has 3 amide bonds. The van der Waals surface area contributed by atoms with E-state index in [9.17, 15) is 14.4 Å². The van der Waals surface area contributed by atoms with Gasteiger partial charge in [0.05, 0.1) is 11.4 Å². The maximum Gasteiger partial charge on any atom is 0.253 e. The number of amides is 3. The third kappa shape index (κ3) is 3.06. The first kappa shape index (κ1) is 17.3. The molecule has 2 aliphatic rings. The molecule has 1 saturated heterocycles. The van der Waals surface area contributed by atoms with Gasteiger partial charge in [-0.25, -0.2) is 0 Å². The van der Waals surface area contributed by atoms with Gasteiger partial charge in [-0.3, -0.25) is 19.3 Å². The number of likely N-dealkylation sites (N-methyl/N-ethyl adjacent to an activating group) is 1. The van der Waals surface area contributed by atoms with Gasteiger partial charge in [0, 0.05) is 33.3 Å². The summed E-state index contributed by atoms with van der Waals surface area (Å²) in [6.07, 6.45) is 2.84. The van der Waals surface area contributed by atoms with Gasteiger partial charge in [0.15, 0.2) is 0 Å². The Balaban J connectivity index is 2.07. The second kappa shape index (κ2) is 6.74. The minimum absolute atomic E-state index is 0.0354. The van der Waals surface area contributed by atoms with Gasteiger partial charge in [-0.2, -0.15) is 0 Å². The molecule has 0 saturated carbocycles. The number of benzene rings is 1. The second-order valence-corrected chi connectivity index (χ2v) is 6.71. The molecule has 0 radical (unpaired) electrons. The number of piperidine rings is 1. The fraction of sp³-hybridized carbons (Fsp3) is 0.500. The Labute approximate surface area is 147 Å². The molecule has 1 aromatic rings. The van der Waals surface area contributed by atoms with E-state index < -0.39 is 0 Å². The zero-order chi connectivity index (χ0) is 18.1. The lowest BCUT2D eigenvalue weighted by Gasteiger charge is -2.45. The molecule has 7 heteroatoms. The quantitative estimate of drug-likeness (QED) is 0.882. The predicted molar refractivity (Wildman–Crippen MR) is 95.9 cm³/mol. The minimum atomic E-state index is -0.229. The summed E-state index contributed by atoms with van der Waals surface area (Å²) in [6, 6.07) is 5.19. The number of rotatable bonds is 3. The van der Waals surface area contributed by atoms with Crippen LogP contribution in [0.4, 0.5) is 11.4 Å². The first-order valence-corrected chi connectivity index (χ1v) is 8.58. The maximum atomic E-state index is 13.0. The van der Waals surface area contributed by atoms with E-state index in [2.05, 4.69) is 10.2 Å². The van der Waals surface area contributed by atoms with E-state index in [1.807, 2.05) is 6.07 Å². The van der Waals surface area contributed by atoms with Crippen molar-refractivity contribution in [3.63, 3.8) is 0 Å². The highest BCUT2D eigenvalue weighted by Gasteiger charge is 2.40. The van der Waals surface area contributed by atoms with Crippen LogP contribution in [-0.4, -0.2) is 62.9 Å². The molecule has 3 rings (SSSR count). The lowest BCUT2D eigenvalue weighted by Crippen LogP contribution is -2.57. The number of fused-ring (bicyclic) bond motifs is 3. The van der Waals surface area contributed by atoms with E-state index in [1.165, 1.54) is 9.80 Å². The van der Waals surface area contributed by atoms with E-state index in [4.69, 9.17) is 0 Å². The van der Waals surface area contributed by atoms with Crippen molar-refractivity contribution in [1.29, 1.82) is 0 Å². The molecule has 1 atom stereocenters. The summed E-state index contributed by atoms with van der Waals surface area (Å²) >= 11 is 0. The van der Waals surface area contributed by atoms with Gasteiger partial charge in [0.2, 0.25) is 11.8 Å².